The second-order valence-electron chi connectivity index (χ2n) is 5.27. The van der Waals surface area contributed by atoms with Crippen molar-refractivity contribution in [1.29, 1.82) is 0 Å². The van der Waals surface area contributed by atoms with Crippen LogP contribution in [0.2, 0.25) is 0 Å². The summed E-state index contributed by atoms with van der Waals surface area (Å²) >= 11 is 0. The van der Waals surface area contributed by atoms with Gasteiger partial charge in [0.25, 0.3) is 0 Å². The average molecular weight is 260 g/mol. The number of amides is 1. The highest BCUT2D eigenvalue weighted by Crippen LogP contribution is 2.15. The van der Waals surface area contributed by atoms with Crippen LogP contribution in [0.5, 0.6) is 0 Å². The molecular formula is C14H16N2O3. The topological polar surface area (TPSA) is 60.3 Å². The van der Waals surface area contributed by atoms with Crippen LogP contribution in [0, 0.1) is 0 Å². The molecule has 1 amide bonds. The summed E-state index contributed by atoms with van der Waals surface area (Å²) in [6.45, 7) is 5.43. The number of aromatic nitrogens is 1. The zero-order chi connectivity index (χ0) is 14.0. The van der Waals surface area contributed by atoms with Gasteiger partial charge in [-0.15, -0.1) is 0 Å². The van der Waals surface area contributed by atoms with Gasteiger partial charge < -0.3 is 10.1 Å². The van der Waals surface area contributed by atoms with Crippen LogP contribution in [0.15, 0.2) is 36.5 Å². The highest BCUT2D eigenvalue weighted by atomic mass is 16.6. The number of carbonyl (C=O) groups excluding carboxylic acids is 2. The zero-order valence-corrected chi connectivity index (χ0v) is 11.1. The second kappa shape index (κ2) is 4.76. The standard InChI is InChI=1S/C14H16N2O3/c1-14(2,3)15-12(17)19-13(18)16-9-8-10-6-4-5-7-11(10)16/h4-9H,1-3H3,(H,15,17). The highest BCUT2D eigenvalue weighted by Gasteiger charge is 2.19. The summed E-state index contributed by atoms with van der Waals surface area (Å²) in [4.78, 5) is 23.4. The van der Waals surface area contributed by atoms with Crippen LogP contribution in [0.1, 0.15) is 20.8 Å². The van der Waals surface area contributed by atoms with Crippen molar-refractivity contribution in [3.8, 4) is 0 Å². The minimum atomic E-state index is -0.754. The normalized spacial score (nSPS) is 11.3. The molecule has 5 heteroatoms. The Morgan fingerprint density at radius 2 is 1.84 bits per heavy atom. The van der Waals surface area contributed by atoms with E-state index < -0.39 is 17.7 Å². The molecule has 100 valence electrons. The van der Waals surface area contributed by atoms with Crippen LogP contribution in [-0.4, -0.2) is 22.3 Å². The summed E-state index contributed by atoms with van der Waals surface area (Å²) in [6, 6.07) is 9.16. The molecule has 0 bridgehead atoms. The number of fused-ring (bicyclic) bond motifs is 1. The maximum atomic E-state index is 11.9. The van der Waals surface area contributed by atoms with E-state index >= 15 is 0 Å². The van der Waals surface area contributed by atoms with E-state index in [9.17, 15) is 9.59 Å². The number of alkyl carbamates (subject to hydrolysis) is 1. The van der Waals surface area contributed by atoms with Crippen LogP contribution in [0.4, 0.5) is 9.59 Å². The van der Waals surface area contributed by atoms with Crippen molar-refractivity contribution in [2.75, 3.05) is 0 Å². The summed E-state index contributed by atoms with van der Waals surface area (Å²) in [5.74, 6) is 0. The summed E-state index contributed by atoms with van der Waals surface area (Å²) in [5.41, 5.74) is 0.256. The van der Waals surface area contributed by atoms with Gasteiger partial charge in [-0.25, -0.2) is 9.59 Å². The lowest BCUT2D eigenvalue weighted by atomic mass is 10.1. The molecule has 0 spiro atoms. The molecule has 0 saturated carbocycles. The summed E-state index contributed by atoms with van der Waals surface area (Å²) in [5, 5.41) is 3.48. The molecule has 1 N–H and O–H groups in total. The van der Waals surface area contributed by atoms with E-state index in [1.807, 2.05) is 39.0 Å². The number of hydrogen-bond donors (Lipinski definition) is 1. The van der Waals surface area contributed by atoms with E-state index in [4.69, 9.17) is 4.74 Å². The molecule has 0 aliphatic carbocycles. The van der Waals surface area contributed by atoms with E-state index in [0.717, 1.165) is 5.39 Å². The Morgan fingerprint density at radius 1 is 1.16 bits per heavy atom. The quantitative estimate of drug-likeness (QED) is 0.740. The number of nitrogens with one attached hydrogen (secondary N) is 1. The SMILES string of the molecule is CC(C)(C)NC(=O)OC(=O)n1ccc2ccccc21. The second-order valence-corrected chi connectivity index (χ2v) is 5.27. The summed E-state index contributed by atoms with van der Waals surface area (Å²) in [6.07, 6.45) is 0.107. The first kappa shape index (κ1) is 13.1. The predicted molar refractivity (Wildman–Crippen MR) is 72.1 cm³/mol. The van der Waals surface area contributed by atoms with Gasteiger partial charge in [-0.1, -0.05) is 18.2 Å². The maximum absolute atomic E-state index is 11.9. The number of benzene rings is 1. The molecule has 0 unspecified atom stereocenters. The number of rotatable bonds is 0. The molecule has 0 radical (unpaired) electrons. The lowest BCUT2D eigenvalue weighted by molar-refractivity contribution is 0.146. The zero-order valence-electron chi connectivity index (χ0n) is 11.1. The number of hydrogen-bond acceptors (Lipinski definition) is 3. The van der Waals surface area contributed by atoms with Crippen LogP contribution < -0.4 is 5.32 Å². The first-order valence-corrected chi connectivity index (χ1v) is 5.97. The van der Waals surface area contributed by atoms with Gasteiger partial charge >= 0.3 is 12.2 Å². The highest BCUT2D eigenvalue weighted by molar-refractivity contribution is 5.93. The van der Waals surface area contributed by atoms with Gasteiger partial charge in [0.2, 0.25) is 0 Å². The molecule has 2 aromatic rings. The molecular weight excluding hydrogens is 244 g/mol. The van der Waals surface area contributed by atoms with E-state index in [2.05, 4.69) is 5.32 Å². The number of carbonyl (C=O) groups is 2. The van der Waals surface area contributed by atoms with Crippen LogP contribution in [0.3, 0.4) is 0 Å². The molecule has 2 rings (SSSR count). The van der Waals surface area contributed by atoms with Crippen LogP contribution in [-0.2, 0) is 4.74 Å². The Kier molecular flexibility index (Phi) is 3.29. The molecule has 5 nitrogen and oxygen atoms in total. The Bertz CT molecular complexity index is 623. The average Bonchev–Trinajstić information content (AvgIpc) is 2.69. The number of ether oxygens (including phenoxy) is 1. The molecule has 1 aromatic carbocycles. The van der Waals surface area contributed by atoms with Gasteiger partial charge in [0.15, 0.2) is 0 Å². The molecule has 0 fully saturated rings. The van der Waals surface area contributed by atoms with Crippen molar-refractivity contribution in [3.63, 3.8) is 0 Å². The Hall–Kier alpha value is -2.30. The van der Waals surface area contributed by atoms with Crippen molar-refractivity contribution in [1.82, 2.24) is 9.88 Å². The van der Waals surface area contributed by atoms with Gasteiger partial charge in [-0.05, 0) is 32.9 Å². The Labute approximate surface area is 111 Å². The van der Waals surface area contributed by atoms with Gasteiger partial charge in [-0.3, -0.25) is 4.57 Å². The fourth-order valence-corrected chi connectivity index (χ4v) is 1.70. The number of nitrogens with zero attached hydrogens (tertiary/aromatic N) is 1. The maximum Gasteiger partial charge on any atom is 0.427 e. The molecule has 1 heterocycles. The fraction of sp³-hybridized carbons (Fsp3) is 0.286. The first-order chi connectivity index (χ1) is 8.87. The first-order valence-electron chi connectivity index (χ1n) is 5.97. The third-order valence-corrected chi connectivity index (χ3v) is 2.45. The van der Waals surface area contributed by atoms with Crippen LogP contribution >= 0.6 is 0 Å². The van der Waals surface area contributed by atoms with Gasteiger partial charge in [0.05, 0.1) is 5.52 Å². The van der Waals surface area contributed by atoms with Crippen molar-refractivity contribution in [2.45, 2.75) is 26.3 Å². The molecule has 0 atom stereocenters. The Balaban J connectivity index is 2.14. The largest absolute Gasteiger partial charge is 0.427 e. The minimum absolute atomic E-state index is 0.448. The molecule has 19 heavy (non-hydrogen) atoms. The minimum Gasteiger partial charge on any atom is -0.359 e. The van der Waals surface area contributed by atoms with Gasteiger partial charge in [0, 0.05) is 17.1 Å². The van der Waals surface area contributed by atoms with Crippen molar-refractivity contribution in [3.05, 3.63) is 36.5 Å². The van der Waals surface area contributed by atoms with Gasteiger partial charge in [-0.2, -0.15) is 0 Å². The predicted octanol–water partition coefficient (Wildman–Crippen LogP) is 3.13. The van der Waals surface area contributed by atoms with E-state index in [1.54, 1.807) is 18.3 Å². The summed E-state index contributed by atoms with van der Waals surface area (Å²) < 4.78 is 6.06. The molecule has 1 aromatic heterocycles. The Morgan fingerprint density at radius 3 is 2.53 bits per heavy atom. The van der Waals surface area contributed by atoms with Crippen molar-refractivity contribution < 1.29 is 14.3 Å². The molecule has 0 aliphatic rings. The third-order valence-electron chi connectivity index (χ3n) is 2.45. The molecule has 0 aliphatic heterocycles. The fourth-order valence-electron chi connectivity index (χ4n) is 1.70. The number of para-hydroxylation sites is 1. The lowest BCUT2D eigenvalue weighted by Gasteiger charge is -2.19. The summed E-state index contributed by atoms with van der Waals surface area (Å²) in [7, 11) is 0. The van der Waals surface area contributed by atoms with Crippen molar-refractivity contribution >= 4 is 23.1 Å². The van der Waals surface area contributed by atoms with Crippen molar-refractivity contribution in [2.24, 2.45) is 0 Å². The van der Waals surface area contributed by atoms with E-state index in [-0.39, 0.29) is 0 Å². The van der Waals surface area contributed by atoms with Crippen LogP contribution in [0.25, 0.3) is 10.9 Å². The monoisotopic (exact) mass is 260 g/mol. The molecule has 0 saturated heterocycles. The van der Waals surface area contributed by atoms with E-state index in [1.165, 1.54) is 4.57 Å². The third kappa shape index (κ3) is 3.13. The smallest absolute Gasteiger partial charge is 0.359 e. The lowest BCUT2D eigenvalue weighted by Crippen LogP contribution is -2.42. The van der Waals surface area contributed by atoms with Gasteiger partial charge in [0.1, 0.15) is 0 Å². The van der Waals surface area contributed by atoms with E-state index in [0.29, 0.717) is 5.52 Å².